The highest BCUT2D eigenvalue weighted by Gasteiger charge is 2.29. The highest BCUT2D eigenvalue weighted by atomic mass is 16.6. The van der Waals surface area contributed by atoms with E-state index in [1.165, 1.54) is 0 Å². The number of rotatable bonds is 8. The van der Waals surface area contributed by atoms with Crippen molar-refractivity contribution in [2.45, 2.75) is 59.1 Å². The van der Waals surface area contributed by atoms with Crippen LogP contribution < -0.4 is 10.6 Å². The van der Waals surface area contributed by atoms with E-state index in [4.69, 9.17) is 4.74 Å². The number of aromatic amines is 1. The molecule has 2 amide bonds. The van der Waals surface area contributed by atoms with Gasteiger partial charge in [0.15, 0.2) is 0 Å². The fourth-order valence-electron chi connectivity index (χ4n) is 2.11. The molecule has 25 heavy (non-hydrogen) atoms. The Morgan fingerprint density at radius 3 is 2.52 bits per heavy atom. The monoisotopic (exact) mass is 354 g/mol. The Labute approximate surface area is 148 Å². The van der Waals surface area contributed by atoms with Gasteiger partial charge >= 0.3 is 6.09 Å². The summed E-state index contributed by atoms with van der Waals surface area (Å²) in [6, 6.07) is -0.397. The van der Waals surface area contributed by atoms with Crippen molar-refractivity contribution >= 4 is 12.0 Å². The number of hydrogen-bond donors (Lipinski definition) is 4. The SMILES string of the molecule is CC(C)(C)OC(=O)NCCC(C)(C)C(=O)N[C@H](CO)Cc1cnc[nH]1. The number of imidazole rings is 1. The largest absolute Gasteiger partial charge is 0.444 e. The third kappa shape index (κ3) is 8.02. The molecular formula is C17H30N4O4. The van der Waals surface area contributed by atoms with Crippen LogP contribution in [-0.4, -0.2) is 51.9 Å². The zero-order valence-corrected chi connectivity index (χ0v) is 15.7. The topological polar surface area (TPSA) is 116 Å². The van der Waals surface area contributed by atoms with Crippen LogP contribution >= 0.6 is 0 Å². The van der Waals surface area contributed by atoms with Gasteiger partial charge in [0.05, 0.1) is 19.0 Å². The van der Waals surface area contributed by atoms with Gasteiger partial charge < -0.3 is 25.5 Å². The average molecular weight is 354 g/mol. The van der Waals surface area contributed by atoms with Gasteiger partial charge in [0.2, 0.25) is 5.91 Å². The molecule has 8 heteroatoms. The van der Waals surface area contributed by atoms with Gasteiger partial charge in [0, 0.05) is 30.3 Å². The second-order valence-corrected chi connectivity index (χ2v) is 7.70. The first-order chi connectivity index (χ1) is 11.5. The van der Waals surface area contributed by atoms with Crippen molar-refractivity contribution in [2.75, 3.05) is 13.2 Å². The van der Waals surface area contributed by atoms with Crippen LogP contribution in [0.1, 0.15) is 46.7 Å². The smallest absolute Gasteiger partial charge is 0.407 e. The molecule has 0 unspecified atom stereocenters. The molecule has 4 N–H and O–H groups in total. The molecule has 8 nitrogen and oxygen atoms in total. The van der Waals surface area contributed by atoms with E-state index in [1.54, 1.807) is 47.1 Å². The molecule has 142 valence electrons. The van der Waals surface area contributed by atoms with Crippen molar-refractivity contribution in [2.24, 2.45) is 5.41 Å². The Morgan fingerprint density at radius 2 is 2.00 bits per heavy atom. The predicted molar refractivity (Wildman–Crippen MR) is 93.9 cm³/mol. The van der Waals surface area contributed by atoms with E-state index in [0.29, 0.717) is 19.4 Å². The number of carbonyl (C=O) groups is 2. The highest BCUT2D eigenvalue weighted by molar-refractivity contribution is 5.82. The summed E-state index contributed by atoms with van der Waals surface area (Å²) in [6.07, 6.45) is 3.62. The van der Waals surface area contributed by atoms with Gasteiger partial charge in [0.1, 0.15) is 5.60 Å². The first kappa shape index (κ1) is 21.0. The van der Waals surface area contributed by atoms with Crippen LogP contribution in [0.15, 0.2) is 12.5 Å². The fourth-order valence-corrected chi connectivity index (χ4v) is 2.11. The van der Waals surface area contributed by atoms with Crippen molar-refractivity contribution in [1.82, 2.24) is 20.6 Å². The number of nitrogens with one attached hydrogen (secondary N) is 3. The molecule has 0 fully saturated rings. The maximum Gasteiger partial charge on any atom is 0.407 e. The fraction of sp³-hybridized carbons (Fsp3) is 0.706. The Bertz CT molecular complexity index is 549. The third-order valence-electron chi connectivity index (χ3n) is 3.61. The lowest BCUT2D eigenvalue weighted by Crippen LogP contribution is -2.46. The number of carbonyl (C=O) groups excluding carboxylic acids is 2. The predicted octanol–water partition coefficient (Wildman–Crippen LogP) is 1.37. The third-order valence-corrected chi connectivity index (χ3v) is 3.61. The lowest BCUT2D eigenvalue weighted by atomic mass is 9.87. The molecule has 0 aliphatic heterocycles. The number of H-pyrrole nitrogens is 1. The quantitative estimate of drug-likeness (QED) is 0.563. The molecule has 1 aromatic heterocycles. The number of ether oxygens (including phenoxy) is 1. The minimum atomic E-state index is -0.698. The van der Waals surface area contributed by atoms with Crippen molar-refractivity contribution in [1.29, 1.82) is 0 Å². The van der Waals surface area contributed by atoms with E-state index >= 15 is 0 Å². The minimum absolute atomic E-state index is 0.170. The van der Waals surface area contributed by atoms with E-state index in [2.05, 4.69) is 20.6 Å². The second kappa shape index (κ2) is 8.84. The van der Waals surface area contributed by atoms with Crippen molar-refractivity contribution in [3.8, 4) is 0 Å². The normalized spacial score (nSPS) is 13.2. The number of hydrogen-bond acceptors (Lipinski definition) is 5. The number of alkyl carbamates (subject to hydrolysis) is 1. The highest BCUT2D eigenvalue weighted by Crippen LogP contribution is 2.20. The number of aliphatic hydroxyl groups excluding tert-OH is 1. The van der Waals surface area contributed by atoms with Crippen LogP contribution in [0.25, 0.3) is 0 Å². The van der Waals surface area contributed by atoms with Gasteiger partial charge in [-0.15, -0.1) is 0 Å². The zero-order valence-electron chi connectivity index (χ0n) is 15.7. The van der Waals surface area contributed by atoms with Crippen LogP contribution in [-0.2, 0) is 16.0 Å². The van der Waals surface area contributed by atoms with Crippen molar-refractivity contribution in [3.05, 3.63) is 18.2 Å². The summed E-state index contributed by atoms with van der Waals surface area (Å²) in [5.74, 6) is -0.183. The molecule has 1 heterocycles. The summed E-state index contributed by atoms with van der Waals surface area (Å²) in [7, 11) is 0. The number of aliphatic hydroxyl groups is 1. The maximum absolute atomic E-state index is 12.5. The molecule has 0 aliphatic rings. The maximum atomic E-state index is 12.5. The molecule has 0 radical (unpaired) electrons. The van der Waals surface area contributed by atoms with Gasteiger partial charge in [0.25, 0.3) is 0 Å². The summed E-state index contributed by atoms with van der Waals surface area (Å²) >= 11 is 0. The average Bonchev–Trinajstić information content (AvgIpc) is 2.97. The molecule has 0 saturated carbocycles. The lowest BCUT2D eigenvalue weighted by Gasteiger charge is -2.27. The van der Waals surface area contributed by atoms with Crippen LogP contribution in [0.5, 0.6) is 0 Å². The van der Waals surface area contributed by atoms with Gasteiger partial charge in [-0.25, -0.2) is 9.78 Å². The molecule has 0 spiro atoms. The summed E-state index contributed by atoms with van der Waals surface area (Å²) < 4.78 is 5.16. The lowest BCUT2D eigenvalue weighted by molar-refractivity contribution is -0.130. The summed E-state index contributed by atoms with van der Waals surface area (Å²) in [5, 5.41) is 15.0. The first-order valence-corrected chi connectivity index (χ1v) is 8.39. The summed E-state index contributed by atoms with van der Waals surface area (Å²) in [6.45, 7) is 9.11. The summed E-state index contributed by atoms with van der Waals surface area (Å²) in [4.78, 5) is 31.0. The van der Waals surface area contributed by atoms with Crippen molar-refractivity contribution < 1.29 is 19.4 Å². The molecule has 0 aromatic carbocycles. The number of amides is 2. The molecule has 1 rings (SSSR count). The van der Waals surface area contributed by atoms with Gasteiger partial charge in [-0.2, -0.15) is 0 Å². The Balaban J connectivity index is 2.45. The van der Waals surface area contributed by atoms with E-state index in [1.807, 2.05) is 0 Å². The van der Waals surface area contributed by atoms with Crippen LogP contribution in [0.3, 0.4) is 0 Å². The van der Waals surface area contributed by atoms with Crippen LogP contribution in [0.4, 0.5) is 4.79 Å². The molecule has 0 aliphatic carbocycles. The second-order valence-electron chi connectivity index (χ2n) is 7.70. The molecule has 1 aromatic rings. The van der Waals surface area contributed by atoms with E-state index in [9.17, 15) is 14.7 Å². The van der Waals surface area contributed by atoms with Gasteiger partial charge in [-0.1, -0.05) is 13.8 Å². The molecule has 1 atom stereocenters. The van der Waals surface area contributed by atoms with E-state index in [-0.39, 0.29) is 12.5 Å². The van der Waals surface area contributed by atoms with Crippen LogP contribution in [0, 0.1) is 5.41 Å². The van der Waals surface area contributed by atoms with Gasteiger partial charge in [-0.3, -0.25) is 4.79 Å². The molecule has 0 saturated heterocycles. The Morgan fingerprint density at radius 1 is 1.32 bits per heavy atom. The van der Waals surface area contributed by atoms with E-state index < -0.39 is 23.2 Å². The number of nitrogens with zero attached hydrogens (tertiary/aromatic N) is 1. The number of aromatic nitrogens is 2. The van der Waals surface area contributed by atoms with Crippen molar-refractivity contribution in [3.63, 3.8) is 0 Å². The standard InChI is InChI=1S/C17H30N4O4/c1-16(2,3)25-15(24)19-7-6-17(4,5)14(23)21-13(10-22)8-12-9-18-11-20-12/h9,11,13,22H,6-8,10H2,1-5H3,(H,18,20)(H,19,24)(H,21,23)/t13-/m0/s1. The first-order valence-electron chi connectivity index (χ1n) is 8.39. The zero-order chi connectivity index (χ0) is 19.1. The summed E-state index contributed by atoms with van der Waals surface area (Å²) in [5.41, 5.74) is -0.419. The van der Waals surface area contributed by atoms with Crippen LogP contribution in [0.2, 0.25) is 0 Å². The van der Waals surface area contributed by atoms with Gasteiger partial charge in [-0.05, 0) is 27.2 Å². The minimum Gasteiger partial charge on any atom is -0.444 e. The Kier molecular flexibility index (Phi) is 7.41. The Hall–Kier alpha value is -2.09. The molecular weight excluding hydrogens is 324 g/mol. The van der Waals surface area contributed by atoms with E-state index in [0.717, 1.165) is 5.69 Å². The molecule has 0 bridgehead atoms.